The van der Waals surface area contributed by atoms with Gasteiger partial charge in [0.15, 0.2) is 0 Å². The molecule has 1 aromatic rings. The number of hydrogen-bond donors (Lipinski definition) is 2. The van der Waals surface area contributed by atoms with Crippen molar-refractivity contribution in [1.29, 1.82) is 0 Å². The number of benzene rings is 1. The Kier molecular flexibility index (Phi) is 6.27. The first kappa shape index (κ1) is 16.5. The Morgan fingerprint density at radius 1 is 1.38 bits per heavy atom. The molecule has 1 fully saturated rings. The van der Waals surface area contributed by atoms with Crippen LogP contribution in [0.1, 0.15) is 32.6 Å². The van der Waals surface area contributed by atoms with Crippen molar-refractivity contribution in [1.82, 2.24) is 0 Å². The van der Waals surface area contributed by atoms with Crippen LogP contribution in [0.3, 0.4) is 0 Å². The van der Waals surface area contributed by atoms with Gasteiger partial charge in [0.05, 0.1) is 29.5 Å². The van der Waals surface area contributed by atoms with Gasteiger partial charge < -0.3 is 15.2 Å². The van der Waals surface area contributed by atoms with Crippen LogP contribution in [0.15, 0.2) is 18.2 Å². The van der Waals surface area contributed by atoms with E-state index in [1.807, 2.05) is 0 Å². The van der Waals surface area contributed by atoms with Crippen LogP contribution in [0, 0.1) is 11.7 Å². The number of halogens is 2. The van der Waals surface area contributed by atoms with E-state index in [9.17, 15) is 9.50 Å². The number of aliphatic hydroxyl groups is 1. The minimum Gasteiger partial charge on any atom is -0.389 e. The lowest BCUT2D eigenvalue weighted by molar-refractivity contribution is -0.0245. The molecule has 0 amide bonds. The summed E-state index contributed by atoms with van der Waals surface area (Å²) < 4.78 is 18.7. The number of rotatable bonds is 6. The third-order valence-electron chi connectivity index (χ3n) is 3.95. The monoisotopic (exact) mass is 315 g/mol. The summed E-state index contributed by atoms with van der Waals surface area (Å²) in [7, 11) is 0. The summed E-state index contributed by atoms with van der Waals surface area (Å²) in [5, 5.41) is 13.2. The maximum Gasteiger partial charge on any atom is 0.124 e. The summed E-state index contributed by atoms with van der Waals surface area (Å²) in [6.45, 7) is 2.90. The van der Waals surface area contributed by atoms with E-state index in [4.69, 9.17) is 16.3 Å². The molecule has 118 valence electrons. The lowest BCUT2D eigenvalue weighted by Crippen LogP contribution is -2.29. The fraction of sp³-hybridized carbons (Fsp3) is 0.625. The fourth-order valence-electron chi connectivity index (χ4n) is 2.56. The first-order chi connectivity index (χ1) is 10.0. The van der Waals surface area contributed by atoms with Crippen molar-refractivity contribution in [3.63, 3.8) is 0 Å². The van der Waals surface area contributed by atoms with Gasteiger partial charge in [0.25, 0.3) is 0 Å². The molecule has 0 bridgehead atoms. The van der Waals surface area contributed by atoms with E-state index in [0.717, 1.165) is 18.8 Å². The summed E-state index contributed by atoms with van der Waals surface area (Å²) in [5.41, 5.74) is 0.614. The van der Waals surface area contributed by atoms with Crippen molar-refractivity contribution < 1.29 is 14.2 Å². The molecule has 0 saturated heterocycles. The molecule has 1 aliphatic rings. The van der Waals surface area contributed by atoms with Gasteiger partial charge in [-0.05, 0) is 49.8 Å². The summed E-state index contributed by atoms with van der Waals surface area (Å²) in [5.74, 6) is 0.415. The zero-order valence-corrected chi connectivity index (χ0v) is 13.1. The summed E-state index contributed by atoms with van der Waals surface area (Å²) in [6.07, 6.45) is 4.21. The Labute approximate surface area is 130 Å². The Hall–Kier alpha value is -0.840. The van der Waals surface area contributed by atoms with Crippen LogP contribution >= 0.6 is 11.6 Å². The molecule has 5 heteroatoms. The van der Waals surface area contributed by atoms with Gasteiger partial charge in [-0.3, -0.25) is 0 Å². The Morgan fingerprint density at radius 3 is 2.76 bits per heavy atom. The van der Waals surface area contributed by atoms with E-state index in [-0.39, 0.29) is 11.9 Å². The number of hydrogen-bond acceptors (Lipinski definition) is 3. The molecule has 1 aromatic carbocycles. The number of anilines is 1. The summed E-state index contributed by atoms with van der Waals surface area (Å²) >= 11 is 5.91. The molecule has 0 aliphatic heterocycles. The smallest absolute Gasteiger partial charge is 0.124 e. The van der Waals surface area contributed by atoms with Crippen molar-refractivity contribution >= 4 is 17.3 Å². The Bertz CT molecular complexity index is 450. The number of nitrogens with one attached hydrogen (secondary N) is 1. The van der Waals surface area contributed by atoms with Gasteiger partial charge in [0.2, 0.25) is 0 Å². The Balaban J connectivity index is 1.68. The second kappa shape index (κ2) is 7.97. The van der Waals surface area contributed by atoms with Crippen molar-refractivity contribution in [3.05, 3.63) is 29.0 Å². The molecule has 1 unspecified atom stereocenters. The zero-order valence-electron chi connectivity index (χ0n) is 12.3. The van der Waals surface area contributed by atoms with Gasteiger partial charge in [-0.2, -0.15) is 0 Å². The highest BCUT2D eigenvalue weighted by Gasteiger charge is 2.19. The zero-order chi connectivity index (χ0) is 15.2. The molecule has 0 heterocycles. The van der Waals surface area contributed by atoms with Crippen molar-refractivity contribution in [3.8, 4) is 0 Å². The van der Waals surface area contributed by atoms with Gasteiger partial charge in [0, 0.05) is 6.54 Å². The second-order valence-electron chi connectivity index (χ2n) is 5.87. The lowest BCUT2D eigenvalue weighted by atomic mass is 9.89. The van der Waals surface area contributed by atoms with Crippen LogP contribution in [-0.4, -0.2) is 30.5 Å². The minimum atomic E-state index is -0.606. The van der Waals surface area contributed by atoms with Crippen molar-refractivity contribution in [2.45, 2.75) is 44.8 Å². The predicted octanol–water partition coefficient (Wildman–Crippen LogP) is 3.85. The third-order valence-corrected chi connectivity index (χ3v) is 4.26. The highest BCUT2D eigenvalue weighted by atomic mass is 35.5. The highest BCUT2D eigenvalue weighted by molar-refractivity contribution is 6.33. The molecule has 1 atom stereocenters. The highest BCUT2D eigenvalue weighted by Crippen LogP contribution is 2.25. The number of aliphatic hydroxyl groups excluding tert-OH is 1. The van der Waals surface area contributed by atoms with E-state index in [1.165, 1.54) is 25.0 Å². The third kappa shape index (κ3) is 5.46. The SMILES string of the molecule is CC1CCC(OCC(O)CNc2ccc(F)cc2Cl)CC1. The molecule has 0 spiro atoms. The van der Waals surface area contributed by atoms with Gasteiger partial charge >= 0.3 is 0 Å². The molecule has 2 N–H and O–H groups in total. The predicted molar refractivity (Wildman–Crippen MR) is 83.3 cm³/mol. The standard InChI is InChI=1S/C16H23ClFNO2/c1-11-2-5-14(6-3-11)21-10-13(20)9-19-16-7-4-12(18)8-15(16)17/h4,7-8,11,13-14,19-20H,2-3,5-6,9-10H2,1H3. The maximum absolute atomic E-state index is 12.9. The minimum absolute atomic E-state index is 0.269. The molecule has 2 rings (SSSR count). The summed E-state index contributed by atoms with van der Waals surface area (Å²) in [4.78, 5) is 0. The van der Waals surface area contributed by atoms with Crippen LogP contribution < -0.4 is 5.32 Å². The molecule has 21 heavy (non-hydrogen) atoms. The van der Waals surface area contributed by atoms with E-state index >= 15 is 0 Å². The van der Waals surface area contributed by atoms with Crippen LogP contribution in [0.25, 0.3) is 0 Å². The van der Waals surface area contributed by atoms with Gasteiger partial charge in [-0.1, -0.05) is 18.5 Å². The largest absolute Gasteiger partial charge is 0.389 e. The first-order valence-electron chi connectivity index (χ1n) is 7.53. The fourth-order valence-corrected chi connectivity index (χ4v) is 2.80. The van der Waals surface area contributed by atoms with E-state index in [2.05, 4.69) is 12.2 Å². The van der Waals surface area contributed by atoms with Gasteiger partial charge in [0.1, 0.15) is 5.82 Å². The van der Waals surface area contributed by atoms with Crippen molar-refractivity contribution in [2.75, 3.05) is 18.5 Å². The topological polar surface area (TPSA) is 41.5 Å². The van der Waals surface area contributed by atoms with Crippen LogP contribution in [0.5, 0.6) is 0 Å². The van der Waals surface area contributed by atoms with Crippen LogP contribution in [-0.2, 0) is 4.74 Å². The van der Waals surface area contributed by atoms with Gasteiger partial charge in [-0.25, -0.2) is 4.39 Å². The first-order valence-corrected chi connectivity index (χ1v) is 7.91. The van der Waals surface area contributed by atoms with E-state index < -0.39 is 6.10 Å². The average Bonchev–Trinajstić information content (AvgIpc) is 2.46. The molecule has 0 aromatic heterocycles. The molecule has 3 nitrogen and oxygen atoms in total. The quantitative estimate of drug-likeness (QED) is 0.838. The van der Waals surface area contributed by atoms with Gasteiger partial charge in [-0.15, -0.1) is 0 Å². The summed E-state index contributed by atoms with van der Waals surface area (Å²) in [6, 6.07) is 4.14. The lowest BCUT2D eigenvalue weighted by Gasteiger charge is -2.27. The molecular formula is C16H23ClFNO2. The van der Waals surface area contributed by atoms with E-state index in [1.54, 1.807) is 6.07 Å². The van der Waals surface area contributed by atoms with Crippen molar-refractivity contribution in [2.24, 2.45) is 5.92 Å². The molecule has 1 saturated carbocycles. The second-order valence-corrected chi connectivity index (χ2v) is 6.28. The number of ether oxygens (including phenoxy) is 1. The maximum atomic E-state index is 12.9. The molecule has 1 aliphatic carbocycles. The van der Waals surface area contributed by atoms with Crippen LogP contribution in [0.2, 0.25) is 5.02 Å². The van der Waals surface area contributed by atoms with E-state index in [0.29, 0.717) is 23.9 Å². The normalized spacial score (nSPS) is 23.8. The average molecular weight is 316 g/mol. The van der Waals surface area contributed by atoms with Crippen LogP contribution in [0.4, 0.5) is 10.1 Å². The molecule has 0 radical (unpaired) electrons. The Morgan fingerprint density at radius 2 is 2.10 bits per heavy atom. The molecular weight excluding hydrogens is 293 g/mol.